The van der Waals surface area contributed by atoms with Crippen LogP contribution < -0.4 is 4.90 Å². The van der Waals surface area contributed by atoms with Crippen molar-refractivity contribution in [3.63, 3.8) is 0 Å². The molecular formula is C19H20N4O2S2. The molecule has 0 bridgehead atoms. The van der Waals surface area contributed by atoms with Crippen molar-refractivity contribution in [2.24, 2.45) is 0 Å². The molecule has 0 atom stereocenters. The fraction of sp³-hybridized carbons (Fsp3) is 0.421. The largest absolute Gasteiger partial charge is 0.354 e. The highest BCUT2D eigenvalue weighted by molar-refractivity contribution is 7.91. The van der Waals surface area contributed by atoms with E-state index in [9.17, 15) is 8.42 Å². The van der Waals surface area contributed by atoms with Gasteiger partial charge in [0, 0.05) is 35.9 Å². The average Bonchev–Trinajstić information content (AvgIpc) is 3.06. The zero-order valence-corrected chi connectivity index (χ0v) is 16.5. The second-order valence-electron chi connectivity index (χ2n) is 7.14. The number of aromatic nitrogens is 3. The third-order valence-corrected chi connectivity index (χ3v) is 8.15. The van der Waals surface area contributed by atoms with E-state index in [-0.39, 0.29) is 11.5 Å². The monoisotopic (exact) mass is 400 g/mol. The minimum Gasteiger partial charge on any atom is -0.354 e. The van der Waals surface area contributed by atoms with Crippen LogP contribution >= 0.6 is 11.3 Å². The summed E-state index contributed by atoms with van der Waals surface area (Å²) < 4.78 is 23.8. The summed E-state index contributed by atoms with van der Waals surface area (Å²) in [7, 11) is -2.94. The Hall–Kier alpha value is -2.06. The van der Waals surface area contributed by atoms with E-state index in [1.54, 1.807) is 23.7 Å². The van der Waals surface area contributed by atoms with Crippen molar-refractivity contribution in [3.8, 4) is 11.4 Å². The Morgan fingerprint density at radius 2 is 1.89 bits per heavy atom. The topological polar surface area (TPSA) is 76.1 Å². The highest BCUT2D eigenvalue weighted by Crippen LogP contribution is 2.41. The number of nitrogens with zero attached hydrogens (tertiary/aromatic N) is 4. The van der Waals surface area contributed by atoms with Crippen LogP contribution in [0.1, 0.15) is 23.3 Å². The Labute approximate surface area is 162 Å². The van der Waals surface area contributed by atoms with E-state index in [1.165, 1.54) is 23.3 Å². The molecule has 6 nitrogen and oxygen atoms in total. The molecule has 3 aromatic rings. The van der Waals surface area contributed by atoms with Gasteiger partial charge in [-0.1, -0.05) is 0 Å². The van der Waals surface area contributed by atoms with Crippen LogP contribution in [0.25, 0.3) is 21.6 Å². The predicted octanol–water partition coefficient (Wildman–Crippen LogP) is 2.87. The zero-order valence-electron chi connectivity index (χ0n) is 14.9. The molecular weight excluding hydrogens is 380 g/mol. The molecule has 0 spiro atoms. The van der Waals surface area contributed by atoms with Gasteiger partial charge in [0.05, 0.1) is 16.9 Å². The van der Waals surface area contributed by atoms with E-state index >= 15 is 0 Å². The maximum Gasteiger partial charge on any atom is 0.164 e. The summed E-state index contributed by atoms with van der Waals surface area (Å²) in [6.07, 6.45) is 8.09. The Balaban J connectivity index is 1.69. The van der Waals surface area contributed by atoms with Gasteiger partial charge >= 0.3 is 0 Å². The van der Waals surface area contributed by atoms with Gasteiger partial charge in [-0.25, -0.2) is 18.4 Å². The Bertz CT molecular complexity index is 1100. The minimum atomic E-state index is -2.94. The molecule has 1 fully saturated rings. The molecule has 27 heavy (non-hydrogen) atoms. The van der Waals surface area contributed by atoms with Gasteiger partial charge < -0.3 is 4.90 Å². The van der Waals surface area contributed by atoms with Gasteiger partial charge in [0.15, 0.2) is 15.7 Å². The third kappa shape index (κ3) is 3.10. The molecule has 1 saturated heterocycles. The van der Waals surface area contributed by atoms with Gasteiger partial charge in [-0.05, 0) is 43.4 Å². The lowest BCUT2D eigenvalue weighted by molar-refractivity contribution is 0.586. The number of pyridine rings is 1. The molecule has 0 radical (unpaired) electrons. The smallest absolute Gasteiger partial charge is 0.164 e. The summed E-state index contributed by atoms with van der Waals surface area (Å²) in [5.41, 5.74) is 2.26. The Morgan fingerprint density at radius 3 is 2.67 bits per heavy atom. The molecule has 2 aliphatic rings. The SMILES string of the molecule is O=S1(=O)CCN(c2nc(-c3cccnc3)nc3sc4c(c23)CCCC4)CC1. The Morgan fingerprint density at radius 1 is 1.07 bits per heavy atom. The molecule has 4 heterocycles. The molecule has 0 N–H and O–H groups in total. The number of anilines is 1. The lowest BCUT2D eigenvalue weighted by atomic mass is 9.97. The molecule has 1 aliphatic carbocycles. The normalized spacial score (nSPS) is 19.2. The lowest BCUT2D eigenvalue weighted by Crippen LogP contribution is -2.40. The first-order valence-electron chi connectivity index (χ1n) is 9.29. The second-order valence-corrected chi connectivity index (χ2v) is 10.5. The van der Waals surface area contributed by atoms with Crippen LogP contribution in [0.15, 0.2) is 24.5 Å². The van der Waals surface area contributed by atoms with Crippen molar-refractivity contribution in [2.45, 2.75) is 25.7 Å². The van der Waals surface area contributed by atoms with E-state index in [2.05, 4.69) is 9.88 Å². The number of hydrogen-bond acceptors (Lipinski definition) is 7. The van der Waals surface area contributed by atoms with Crippen LogP contribution in [0.3, 0.4) is 0 Å². The first kappa shape index (κ1) is 17.1. The summed E-state index contributed by atoms with van der Waals surface area (Å²) in [5, 5.41) is 1.14. The number of sulfone groups is 1. The lowest BCUT2D eigenvalue weighted by Gasteiger charge is -2.29. The van der Waals surface area contributed by atoms with E-state index < -0.39 is 9.84 Å². The second kappa shape index (κ2) is 6.53. The van der Waals surface area contributed by atoms with Gasteiger partial charge in [0.25, 0.3) is 0 Å². The number of thiophene rings is 1. The van der Waals surface area contributed by atoms with Crippen molar-refractivity contribution in [2.75, 3.05) is 29.5 Å². The summed E-state index contributed by atoms with van der Waals surface area (Å²) >= 11 is 1.77. The van der Waals surface area contributed by atoms with Crippen molar-refractivity contribution in [1.82, 2.24) is 15.0 Å². The first-order chi connectivity index (χ1) is 13.1. The maximum absolute atomic E-state index is 11.9. The molecule has 0 saturated carbocycles. The van der Waals surface area contributed by atoms with Gasteiger partial charge in [0.1, 0.15) is 10.6 Å². The van der Waals surface area contributed by atoms with Crippen LogP contribution in [-0.2, 0) is 22.7 Å². The van der Waals surface area contributed by atoms with Gasteiger partial charge in [0.2, 0.25) is 0 Å². The quantitative estimate of drug-likeness (QED) is 0.658. The minimum absolute atomic E-state index is 0.188. The number of rotatable bonds is 2. The summed E-state index contributed by atoms with van der Waals surface area (Å²) in [4.78, 5) is 18.5. The van der Waals surface area contributed by atoms with Crippen LogP contribution in [0.2, 0.25) is 0 Å². The van der Waals surface area contributed by atoms with E-state index in [0.29, 0.717) is 18.9 Å². The van der Waals surface area contributed by atoms with E-state index in [4.69, 9.17) is 9.97 Å². The summed E-state index contributed by atoms with van der Waals surface area (Å²) in [5.74, 6) is 1.94. The highest BCUT2D eigenvalue weighted by Gasteiger charge is 2.28. The van der Waals surface area contributed by atoms with E-state index in [1.807, 2.05) is 12.1 Å². The maximum atomic E-state index is 11.9. The standard InChI is InChI=1S/C19H20N4O2S2/c24-27(25)10-8-23(9-11-27)18-16-14-5-1-2-6-15(14)26-19(16)22-17(21-18)13-4-3-7-20-12-13/h3-4,7,12H,1-2,5-6,8-11H2. The van der Waals surface area contributed by atoms with Gasteiger partial charge in [-0.15, -0.1) is 11.3 Å². The van der Waals surface area contributed by atoms with Crippen LogP contribution in [0.5, 0.6) is 0 Å². The van der Waals surface area contributed by atoms with Crippen LogP contribution in [0, 0.1) is 0 Å². The van der Waals surface area contributed by atoms with E-state index in [0.717, 1.165) is 34.4 Å². The first-order valence-corrected chi connectivity index (χ1v) is 11.9. The van der Waals surface area contributed by atoms with Crippen LogP contribution in [-0.4, -0.2) is 48.0 Å². The molecule has 1 aliphatic heterocycles. The van der Waals surface area contributed by atoms with Crippen LogP contribution in [0.4, 0.5) is 5.82 Å². The molecule has 3 aromatic heterocycles. The fourth-order valence-electron chi connectivity index (χ4n) is 3.92. The molecule has 140 valence electrons. The number of aryl methyl sites for hydroxylation is 2. The predicted molar refractivity (Wildman–Crippen MR) is 108 cm³/mol. The molecule has 0 unspecified atom stereocenters. The fourth-order valence-corrected chi connectivity index (χ4v) is 6.37. The summed E-state index contributed by atoms with van der Waals surface area (Å²) in [6.45, 7) is 0.983. The van der Waals surface area contributed by atoms with Crippen molar-refractivity contribution in [1.29, 1.82) is 0 Å². The number of fused-ring (bicyclic) bond motifs is 3. The zero-order chi connectivity index (χ0) is 18.4. The molecule has 8 heteroatoms. The third-order valence-electron chi connectivity index (χ3n) is 5.36. The molecule has 0 amide bonds. The molecule has 0 aromatic carbocycles. The van der Waals surface area contributed by atoms with Crippen molar-refractivity contribution in [3.05, 3.63) is 35.0 Å². The van der Waals surface area contributed by atoms with Crippen molar-refractivity contribution >= 4 is 37.2 Å². The summed E-state index contributed by atoms with van der Waals surface area (Å²) in [6, 6.07) is 3.85. The average molecular weight is 401 g/mol. The highest BCUT2D eigenvalue weighted by atomic mass is 32.2. The molecule has 5 rings (SSSR count). The van der Waals surface area contributed by atoms with Crippen molar-refractivity contribution < 1.29 is 8.42 Å². The number of hydrogen-bond donors (Lipinski definition) is 0. The Kier molecular flexibility index (Phi) is 4.12. The van der Waals surface area contributed by atoms with Gasteiger partial charge in [-0.3, -0.25) is 4.98 Å². The van der Waals surface area contributed by atoms with Gasteiger partial charge in [-0.2, -0.15) is 0 Å².